The van der Waals surface area contributed by atoms with Gasteiger partial charge in [0.2, 0.25) is 21.8 Å². The largest absolute Gasteiger partial charge is 0.497 e. The number of carbonyl (C=O) groups is 2. The van der Waals surface area contributed by atoms with Crippen molar-refractivity contribution in [2.24, 2.45) is 0 Å². The monoisotopic (exact) mass is 493 g/mol. The minimum absolute atomic E-state index is 0.00980. The lowest BCUT2D eigenvalue weighted by Gasteiger charge is -2.31. The number of hydrogen-bond donors (Lipinski definition) is 1. The molecule has 2 aromatic carbocycles. The summed E-state index contributed by atoms with van der Waals surface area (Å²) < 4.78 is 44.9. The van der Waals surface area contributed by atoms with Crippen LogP contribution in [0.25, 0.3) is 0 Å². The van der Waals surface area contributed by atoms with E-state index in [-0.39, 0.29) is 43.4 Å². The second kappa shape index (κ2) is 12.4. The summed E-state index contributed by atoms with van der Waals surface area (Å²) in [4.78, 5) is 27.2. The van der Waals surface area contributed by atoms with Crippen molar-refractivity contribution in [1.29, 1.82) is 0 Å². The first-order chi connectivity index (χ1) is 16.1. The van der Waals surface area contributed by atoms with Crippen molar-refractivity contribution in [3.63, 3.8) is 0 Å². The highest BCUT2D eigenvalue weighted by Crippen LogP contribution is 2.23. The fourth-order valence-corrected chi connectivity index (χ4v) is 4.62. The van der Waals surface area contributed by atoms with Gasteiger partial charge in [-0.05, 0) is 42.7 Å². The number of carbonyl (C=O) groups excluding carboxylic acids is 2. The summed E-state index contributed by atoms with van der Waals surface area (Å²) in [6.45, 7) is 1.95. The first kappa shape index (κ1) is 27.1. The predicted octanol–water partition coefficient (Wildman–Crippen LogP) is 2.93. The predicted molar refractivity (Wildman–Crippen MR) is 130 cm³/mol. The minimum atomic E-state index is -3.76. The lowest BCUT2D eigenvalue weighted by atomic mass is 10.1. The van der Waals surface area contributed by atoms with E-state index in [9.17, 15) is 22.4 Å². The normalized spacial score (nSPS) is 12.0. The van der Waals surface area contributed by atoms with E-state index < -0.39 is 21.9 Å². The molecule has 0 aliphatic rings. The van der Waals surface area contributed by atoms with Crippen LogP contribution in [0.4, 0.5) is 10.1 Å². The highest BCUT2D eigenvalue weighted by molar-refractivity contribution is 7.92. The quantitative estimate of drug-likeness (QED) is 0.491. The number of amides is 2. The fraction of sp³-hybridized carbons (Fsp3) is 0.417. The summed E-state index contributed by atoms with van der Waals surface area (Å²) in [7, 11) is -0.686. The third-order valence-electron chi connectivity index (χ3n) is 5.42. The molecule has 0 spiro atoms. The molecule has 0 bridgehead atoms. The molecule has 2 amide bonds. The molecule has 34 heavy (non-hydrogen) atoms. The lowest BCUT2D eigenvalue weighted by Crippen LogP contribution is -2.48. The van der Waals surface area contributed by atoms with Crippen LogP contribution in [0, 0.1) is 5.82 Å². The highest BCUT2D eigenvalue weighted by Gasteiger charge is 2.28. The second-order valence-corrected chi connectivity index (χ2v) is 9.70. The molecule has 0 saturated carbocycles. The standard InChI is InChI=1S/C24H32FN3O5S/c1-5-21(24(30)26-2)27(17-18-12-14-19(33-3)15-13-18)23(29)11-8-16-28(34(4,31)32)22-10-7-6-9-20(22)25/h6-7,9-10,12-15,21H,5,8,11,16-17H2,1-4H3,(H,26,30)/t21-/m1/s1. The van der Waals surface area contributed by atoms with Gasteiger partial charge in [-0.2, -0.15) is 0 Å². The zero-order valence-corrected chi connectivity index (χ0v) is 20.8. The number of nitrogens with one attached hydrogen (secondary N) is 1. The number of para-hydroxylation sites is 1. The van der Waals surface area contributed by atoms with Crippen molar-refractivity contribution in [3.8, 4) is 5.75 Å². The van der Waals surface area contributed by atoms with Gasteiger partial charge < -0.3 is 15.0 Å². The van der Waals surface area contributed by atoms with Crippen LogP contribution in [-0.2, 0) is 26.2 Å². The number of benzene rings is 2. The van der Waals surface area contributed by atoms with Crippen molar-refractivity contribution in [3.05, 3.63) is 59.9 Å². The Balaban J connectivity index is 2.19. The smallest absolute Gasteiger partial charge is 0.242 e. The van der Waals surface area contributed by atoms with Crippen LogP contribution >= 0.6 is 0 Å². The van der Waals surface area contributed by atoms with E-state index in [4.69, 9.17) is 4.74 Å². The molecule has 1 N–H and O–H groups in total. The lowest BCUT2D eigenvalue weighted by molar-refractivity contribution is -0.141. The molecule has 10 heteroatoms. The van der Waals surface area contributed by atoms with E-state index in [1.807, 2.05) is 19.1 Å². The fourth-order valence-electron chi connectivity index (χ4n) is 3.65. The molecule has 1 atom stereocenters. The van der Waals surface area contributed by atoms with Gasteiger partial charge in [0, 0.05) is 26.6 Å². The Morgan fingerprint density at radius 2 is 1.76 bits per heavy atom. The average molecular weight is 494 g/mol. The molecule has 0 fully saturated rings. The summed E-state index contributed by atoms with van der Waals surface area (Å²) in [5.74, 6) is -0.568. The third kappa shape index (κ3) is 7.18. The Hall–Kier alpha value is -3.14. The molecular weight excluding hydrogens is 461 g/mol. The van der Waals surface area contributed by atoms with Crippen LogP contribution in [0.5, 0.6) is 5.75 Å². The van der Waals surface area contributed by atoms with Crippen LogP contribution < -0.4 is 14.4 Å². The molecule has 0 aliphatic carbocycles. The number of anilines is 1. The maximum absolute atomic E-state index is 14.2. The summed E-state index contributed by atoms with van der Waals surface area (Å²) in [6, 6.07) is 12.1. The molecular formula is C24H32FN3O5S. The molecule has 0 unspecified atom stereocenters. The first-order valence-corrected chi connectivity index (χ1v) is 12.8. The SMILES string of the molecule is CC[C@H](C(=O)NC)N(Cc1ccc(OC)cc1)C(=O)CCCN(c1ccccc1F)S(C)(=O)=O. The summed E-state index contributed by atoms with van der Waals surface area (Å²) in [5, 5.41) is 2.60. The van der Waals surface area contributed by atoms with Crippen molar-refractivity contribution in [2.75, 3.05) is 31.3 Å². The van der Waals surface area contributed by atoms with Gasteiger partial charge in [-0.15, -0.1) is 0 Å². The number of ether oxygens (including phenoxy) is 1. The summed E-state index contributed by atoms with van der Waals surface area (Å²) in [6.07, 6.45) is 1.55. The zero-order valence-electron chi connectivity index (χ0n) is 20.0. The van der Waals surface area contributed by atoms with Crippen LogP contribution in [0.3, 0.4) is 0 Å². The van der Waals surface area contributed by atoms with Gasteiger partial charge in [0.05, 0.1) is 19.1 Å². The molecule has 2 aromatic rings. The van der Waals surface area contributed by atoms with E-state index in [2.05, 4.69) is 5.32 Å². The van der Waals surface area contributed by atoms with Gasteiger partial charge >= 0.3 is 0 Å². The number of methoxy groups -OCH3 is 1. The maximum Gasteiger partial charge on any atom is 0.242 e. The number of sulfonamides is 1. The Bertz CT molecular complexity index is 1080. The molecule has 0 aromatic heterocycles. The Labute approximate surface area is 200 Å². The second-order valence-electron chi connectivity index (χ2n) is 7.80. The molecule has 0 aliphatic heterocycles. The van der Waals surface area contributed by atoms with Crippen molar-refractivity contribution in [2.45, 2.75) is 38.8 Å². The van der Waals surface area contributed by atoms with Crippen LogP contribution in [-0.4, -0.2) is 58.1 Å². The zero-order chi connectivity index (χ0) is 25.3. The van der Waals surface area contributed by atoms with Gasteiger partial charge in [0.1, 0.15) is 17.6 Å². The number of hydrogen-bond acceptors (Lipinski definition) is 5. The number of nitrogens with zero attached hydrogens (tertiary/aromatic N) is 2. The topological polar surface area (TPSA) is 96.0 Å². The summed E-state index contributed by atoms with van der Waals surface area (Å²) >= 11 is 0. The van der Waals surface area contributed by atoms with E-state index in [0.29, 0.717) is 12.2 Å². The molecule has 8 nitrogen and oxygen atoms in total. The van der Waals surface area contributed by atoms with Crippen LogP contribution in [0.1, 0.15) is 31.7 Å². The average Bonchev–Trinajstić information content (AvgIpc) is 2.81. The summed E-state index contributed by atoms with van der Waals surface area (Å²) in [5.41, 5.74) is 0.755. The third-order valence-corrected chi connectivity index (χ3v) is 6.60. The van der Waals surface area contributed by atoms with Crippen molar-refractivity contribution >= 4 is 27.5 Å². The molecule has 0 radical (unpaired) electrons. The molecule has 0 saturated heterocycles. The van der Waals surface area contributed by atoms with E-state index in [1.54, 1.807) is 25.3 Å². The number of rotatable bonds is 12. The molecule has 2 rings (SSSR count). The first-order valence-electron chi connectivity index (χ1n) is 11.0. The number of halogens is 1. The number of likely N-dealkylation sites (N-methyl/N-ethyl adjacent to an activating group) is 1. The highest BCUT2D eigenvalue weighted by atomic mass is 32.2. The van der Waals surface area contributed by atoms with E-state index in [0.717, 1.165) is 16.1 Å². The minimum Gasteiger partial charge on any atom is -0.497 e. The Morgan fingerprint density at radius 1 is 1.12 bits per heavy atom. The van der Waals surface area contributed by atoms with Gasteiger partial charge in [0.15, 0.2) is 0 Å². The van der Waals surface area contributed by atoms with Gasteiger partial charge in [-0.25, -0.2) is 12.8 Å². The van der Waals surface area contributed by atoms with Crippen molar-refractivity contribution < 1.29 is 27.1 Å². The van der Waals surface area contributed by atoms with Gasteiger partial charge in [0.25, 0.3) is 0 Å². The van der Waals surface area contributed by atoms with Gasteiger partial charge in [-0.3, -0.25) is 13.9 Å². The van der Waals surface area contributed by atoms with Crippen molar-refractivity contribution in [1.82, 2.24) is 10.2 Å². The Morgan fingerprint density at radius 3 is 2.29 bits per heavy atom. The van der Waals surface area contributed by atoms with Gasteiger partial charge in [-0.1, -0.05) is 31.2 Å². The Kier molecular flexibility index (Phi) is 9.85. The maximum atomic E-state index is 14.2. The molecule has 186 valence electrons. The van der Waals surface area contributed by atoms with Crippen LogP contribution in [0.2, 0.25) is 0 Å². The van der Waals surface area contributed by atoms with E-state index >= 15 is 0 Å². The molecule has 0 heterocycles. The van der Waals surface area contributed by atoms with Crippen LogP contribution in [0.15, 0.2) is 48.5 Å². The van der Waals surface area contributed by atoms with E-state index in [1.165, 1.54) is 30.1 Å².